The standard InChI is InChI=1S/C21H18N4OS/c1-15-11-13-17(14-12-15)27(26)25-21-20(22-16-7-3-2-4-8-16)23-18-9-5-6-10-19(18)24-21/h2-14H,1H3,(H,22,23)(H,24,25). The number of nitrogens with zero attached hydrogens (tertiary/aromatic N) is 2. The molecule has 27 heavy (non-hydrogen) atoms. The van der Waals surface area contributed by atoms with Crippen molar-refractivity contribution < 1.29 is 4.21 Å². The highest BCUT2D eigenvalue weighted by Crippen LogP contribution is 2.26. The van der Waals surface area contributed by atoms with E-state index in [1.54, 1.807) is 0 Å². The highest BCUT2D eigenvalue weighted by molar-refractivity contribution is 7.86. The van der Waals surface area contributed by atoms with Crippen LogP contribution in [0.25, 0.3) is 11.0 Å². The number of aromatic nitrogens is 2. The zero-order valence-electron chi connectivity index (χ0n) is 14.7. The lowest BCUT2D eigenvalue weighted by atomic mass is 10.2. The lowest BCUT2D eigenvalue weighted by molar-refractivity contribution is 0.686. The zero-order valence-corrected chi connectivity index (χ0v) is 15.5. The molecule has 0 radical (unpaired) electrons. The SMILES string of the molecule is Cc1ccc(S(=O)Nc2nc3ccccc3nc2Nc2ccccc2)cc1. The number of para-hydroxylation sites is 3. The number of anilines is 3. The van der Waals surface area contributed by atoms with E-state index in [1.807, 2.05) is 85.8 Å². The summed E-state index contributed by atoms with van der Waals surface area (Å²) < 4.78 is 15.8. The maximum Gasteiger partial charge on any atom is 0.182 e. The summed E-state index contributed by atoms with van der Waals surface area (Å²) in [5.41, 5.74) is 3.50. The summed E-state index contributed by atoms with van der Waals surface area (Å²) in [7, 11) is -1.45. The predicted molar refractivity (Wildman–Crippen MR) is 110 cm³/mol. The van der Waals surface area contributed by atoms with Crippen LogP contribution in [0.3, 0.4) is 0 Å². The molecule has 1 unspecified atom stereocenters. The molecule has 5 nitrogen and oxygen atoms in total. The Morgan fingerprint density at radius 2 is 1.33 bits per heavy atom. The average Bonchev–Trinajstić information content (AvgIpc) is 2.69. The zero-order chi connectivity index (χ0) is 18.6. The van der Waals surface area contributed by atoms with Gasteiger partial charge in [0.2, 0.25) is 0 Å². The first kappa shape index (κ1) is 17.2. The van der Waals surface area contributed by atoms with Gasteiger partial charge in [0.25, 0.3) is 0 Å². The van der Waals surface area contributed by atoms with Crippen LogP contribution in [0.5, 0.6) is 0 Å². The van der Waals surface area contributed by atoms with Gasteiger partial charge in [0.05, 0.1) is 15.9 Å². The number of aryl methyl sites for hydroxylation is 1. The fourth-order valence-electron chi connectivity index (χ4n) is 2.63. The van der Waals surface area contributed by atoms with E-state index in [0.717, 1.165) is 22.3 Å². The molecular formula is C21H18N4OS. The monoisotopic (exact) mass is 374 g/mol. The van der Waals surface area contributed by atoms with Crippen molar-refractivity contribution in [1.82, 2.24) is 9.97 Å². The van der Waals surface area contributed by atoms with Gasteiger partial charge in [-0.1, -0.05) is 48.0 Å². The van der Waals surface area contributed by atoms with Crippen LogP contribution in [0.15, 0.2) is 83.8 Å². The second kappa shape index (κ2) is 7.55. The Morgan fingerprint density at radius 3 is 2.00 bits per heavy atom. The number of fused-ring (bicyclic) bond motifs is 1. The Morgan fingerprint density at radius 1 is 0.741 bits per heavy atom. The summed E-state index contributed by atoms with van der Waals surface area (Å²) in [6, 6.07) is 24.9. The normalized spacial score (nSPS) is 11.9. The van der Waals surface area contributed by atoms with Crippen molar-refractivity contribution in [2.75, 3.05) is 10.0 Å². The van der Waals surface area contributed by atoms with Gasteiger partial charge in [-0.05, 0) is 43.3 Å². The van der Waals surface area contributed by atoms with Gasteiger partial charge in [0, 0.05) is 5.69 Å². The smallest absolute Gasteiger partial charge is 0.182 e. The van der Waals surface area contributed by atoms with Crippen LogP contribution in [0.4, 0.5) is 17.3 Å². The number of benzene rings is 3. The molecule has 0 aliphatic carbocycles. The van der Waals surface area contributed by atoms with Crippen LogP contribution in [-0.2, 0) is 11.0 Å². The molecule has 6 heteroatoms. The maximum absolute atomic E-state index is 12.8. The highest BCUT2D eigenvalue weighted by Gasteiger charge is 2.13. The molecule has 0 fully saturated rings. The van der Waals surface area contributed by atoms with Crippen molar-refractivity contribution in [3.8, 4) is 0 Å². The molecule has 0 aliphatic rings. The molecule has 1 atom stereocenters. The van der Waals surface area contributed by atoms with E-state index in [1.165, 1.54) is 0 Å². The Balaban J connectivity index is 1.71. The summed E-state index contributed by atoms with van der Waals surface area (Å²) in [4.78, 5) is 9.97. The molecule has 0 saturated carbocycles. The topological polar surface area (TPSA) is 66.9 Å². The van der Waals surface area contributed by atoms with Gasteiger partial charge >= 0.3 is 0 Å². The number of nitrogens with one attached hydrogen (secondary N) is 2. The van der Waals surface area contributed by atoms with Crippen molar-refractivity contribution in [2.24, 2.45) is 0 Å². The van der Waals surface area contributed by atoms with E-state index >= 15 is 0 Å². The van der Waals surface area contributed by atoms with Crippen LogP contribution in [0.2, 0.25) is 0 Å². The number of rotatable bonds is 5. The van der Waals surface area contributed by atoms with Gasteiger partial charge < -0.3 is 5.32 Å². The Kier molecular flexibility index (Phi) is 4.80. The molecule has 4 aromatic rings. The summed E-state index contributed by atoms with van der Waals surface area (Å²) >= 11 is 0. The minimum Gasteiger partial charge on any atom is -0.337 e. The number of hydrogen-bond acceptors (Lipinski definition) is 4. The van der Waals surface area contributed by atoms with E-state index in [4.69, 9.17) is 0 Å². The van der Waals surface area contributed by atoms with Crippen LogP contribution in [-0.4, -0.2) is 14.2 Å². The lowest BCUT2D eigenvalue weighted by Gasteiger charge is -2.13. The van der Waals surface area contributed by atoms with Gasteiger partial charge in [-0.3, -0.25) is 4.72 Å². The summed E-state index contributed by atoms with van der Waals surface area (Å²) in [5, 5.41) is 3.26. The molecule has 1 heterocycles. The highest BCUT2D eigenvalue weighted by atomic mass is 32.2. The van der Waals surface area contributed by atoms with Gasteiger partial charge in [0.15, 0.2) is 22.6 Å². The largest absolute Gasteiger partial charge is 0.337 e. The maximum atomic E-state index is 12.8. The minimum absolute atomic E-state index is 0.441. The quantitative estimate of drug-likeness (QED) is 0.526. The van der Waals surface area contributed by atoms with Crippen molar-refractivity contribution in [3.05, 3.63) is 84.4 Å². The van der Waals surface area contributed by atoms with Crippen molar-refractivity contribution in [3.63, 3.8) is 0 Å². The third-order valence-corrected chi connectivity index (χ3v) is 5.11. The molecule has 0 amide bonds. The van der Waals surface area contributed by atoms with Crippen LogP contribution < -0.4 is 10.0 Å². The summed E-state index contributed by atoms with van der Waals surface area (Å²) in [6.07, 6.45) is 0. The van der Waals surface area contributed by atoms with E-state index in [0.29, 0.717) is 16.5 Å². The van der Waals surface area contributed by atoms with Crippen LogP contribution in [0.1, 0.15) is 5.56 Å². The minimum atomic E-state index is -1.45. The molecule has 134 valence electrons. The lowest BCUT2D eigenvalue weighted by Crippen LogP contribution is -2.10. The fraction of sp³-hybridized carbons (Fsp3) is 0.0476. The van der Waals surface area contributed by atoms with Gasteiger partial charge in [-0.15, -0.1) is 0 Å². The summed E-state index contributed by atoms with van der Waals surface area (Å²) in [6.45, 7) is 2.00. The van der Waals surface area contributed by atoms with Gasteiger partial charge in [-0.25, -0.2) is 14.2 Å². The van der Waals surface area contributed by atoms with Crippen LogP contribution in [0, 0.1) is 6.92 Å². The predicted octanol–water partition coefficient (Wildman–Crippen LogP) is 4.82. The van der Waals surface area contributed by atoms with Gasteiger partial charge in [0.1, 0.15) is 0 Å². The molecule has 2 N–H and O–H groups in total. The first-order valence-electron chi connectivity index (χ1n) is 8.53. The second-order valence-electron chi connectivity index (χ2n) is 6.08. The average molecular weight is 374 g/mol. The molecule has 3 aromatic carbocycles. The second-order valence-corrected chi connectivity index (χ2v) is 7.30. The first-order chi connectivity index (χ1) is 13.2. The molecule has 0 saturated heterocycles. The fourth-order valence-corrected chi connectivity index (χ4v) is 3.44. The third kappa shape index (κ3) is 3.96. The molecule has 0 aliphatic heterocycles. The van der Waals surface area contributed by atoms with E-state index in [-0.39, 0.29) is 0 Å². The molecule has 1 aromatic heterocycles. The molecule has 4 rings (SSSR count). The van der Waals surface area contributed by atoms with E-state index < -0.39 is 11.0 Å². The molecule has 0 spiro atoms. The van der Waals surface area contributed by atoms with Crippen molar-refractivity contribution in [1.29, 1.82) is 0 Å². The molecule has 0 bridgehead atoms. The van der Waals surface area contributed by atoms with Crippen molar-refractivity contribution >= 4 is 39.3 Å². The molecular weight excluding hydrogens is 356 g/mol. The first-order valence-corrected chi connectivity index (χ1v) is 9.68. The summed E-state index contributed by atoms with van der Waals surface area (Å²) in [5.74, 6) is 0.969. The Labute approximate surface area is 160 Å². The van der Waals surface area contributed by atoms with E-state index in [9.17, 15) is 4.21 Å². The third-order valence-electron chi connectivity index (χ3n) is 4.03. The number of hydrogen-bond donors (Lipinski definition) is 2. The Hall–Kier alpha value is -3.25. The van der Waals surface area contributed by atoms with Crippen LogP contribution >= 0.6 is 0 Å². The van der Waals surface area contributed by atoms with E-state index in [2.05, 4.69) is 20.0 Å². The van der Waals surface area contributed by atoms with Gasteiger partial charge in [-0.2, -0.15) is 0 Å². The van der Waals surface area contributed by atoms with Crippen molar-refractivity contribution in [2.45, 2.75) is 11.8 Å². The Bertz CT molecular complexity index is 1100.